The molecule has 0 spiro atoms. The number of Topliss-reactive ketones (excluding diaryl/α,β-unsaturated/α-hetero) is 4. The number of ketones is 4. The highest BCUT2D eigenvalue weighted by atomic mass is 16.2. The molecule has 0 aliphatic heterocycles. The first kappa shape index (κ1) is 14.3. The second-order valence-electron chi connectivity index (χ2n) is 5.82. The Morgan fingerprint density at radius 2 is 0.917 bits per heavy atom. The van der Waals surface area contributed by atoms with Crippen LogP contribution in [0, 0.1) is 11.8 Å². The lowest BCUT2D eigenvalue weighted by molar-refractivity contribution is 0.0906. The van der Waals surface area contributed by atoms with Crippen molar-refractivity contribution >= 4 is 23.1 Å². The van der Waals surface area contributed by atoms with E-state index < -0.39 is 0 Å². The van der Waals surface area contributed by atoms with E-state index in [0.29, 0.717) is 33.4 Å². The average molecular weight is 314 g/mol. The van der Waals surface area contributed by atoms with E-state index in [4.69, 9.17) is 0 Å². The molecular weight excluding hydrogens is 304 g/mol. The van der Waals surface area contributed by atoms with Crippen LogP contribution in [0.3, 0.4) is 0 Å². The zero-order valence-corrected chi connectivity index (χ0v) is 12.5. The van der Waals surface area contributed by atoms with Gasteiger partial charge in [-0.05, 0) is 36.4 Å². The molecule has 0 radical (unpaired) electrons. The number of benzene rings is 2. The minimum atomic E-state index is -0.180. The molecule has 0 bridgehead atoms. The lowest BCUT2D eigenvalue weighted by Crippen LogP contribution is -1.92. The summed E-state index contributed by atoms with van der Waals surface area (Å²) in [5, 5.41) is 0. The van der Waals surface area contributed by atoms with Crippen molar-refractivity contribution in [3.63, 3.8) is 0 Å². The number of hydrogen-bond donors (Lipinski definition) is 0. The number of carbonyl (C=O) groups is 4. The first-order valence-corrected chi connectivity index (χ1v) is 7.46. The molecule has 114 valence electrons. The van der Waals surface area contributed by atoms with Crippen LogP contribution in [0.15, 0.2) is 36.4 Å². The zero-order chi connectivity index (χ0) is 16.8. The van der Waals surface area contributed by atoms with Gasteiger partial charge < -0.3 is 0 Å². The molecule has 0 aromatic heterocycles. The van der Waals surface area contributed by atoms with Gasteiger partial charge in [-0.25, -0.2) is 0 Å². The topological polar surface area (TPSA) is 68.3 Å². The lowest BCUT2D eigenvalue weighted by Gasteiger charge is -1.98. The van der Waals surface area contributed by atoms with Gasteiger partial charge >= 0.3 is 0 Å². The zero-order valence-electron chi connectivity index (χ0n) is 12.5. The van der Waals surface area contributed by atoms with Gasteiger partial charge in [0.15, 0.2) is 23.1 Å². The number of fused-ring (bicyclic) bond motifs is 2. The fourth-order valence-corrected chi connectivity index (χ4v) is 3.01. The minimum absolute atomic E-state index is 0.0762. The van der Waals surface area contributed by atoms with Crippen molar-refractivity contribution in [2.45, 2.75) is 12.8 Å². The third kappa shape index (κ3) is 2.19. The quantitative estimate of drug-likeness (QED) is 0.554. The standard InChI is InChI=1S/C20H10O4/c21-17-9-19(23)15-7-11(3-5-13(15)17)1-2-12-4-6-14-16(8-12)20(24)10-18(14)22/h3-8H,9-10H2. The van der Waals surface area contributed by atoms with Gasteiger partial charge in [0, 0.05) is 33.4 Å². The van der Waals surface area contributed by atoms with E-state index in [9.17, 15) is 19.2 Å². The highest BCUT2D eigenvalue weighted by Crippen LogP contribution is 2.24. The van der Waals surface area contributed by atoms with Crippen molar-refractivity contribution in [1.29, 1.82) is 0 Å². The van der Waals surface area contributed by atoms with Gasteiger partial charge in [-0.3, -0.25) is 19.2 Å². The molecule has 0 atom stereocenters. The molecular formula is C20H10O4. The summed E-state index contributed by atoms with van der Waals surface area (Å²) in [7, 11) is 0. The van der Waals surface area contributed by atoms with E-state index in [2.05, 4.69) is 11.8 Å². The average Bonchev–Trinajstić information content (AvgIpc) is 3.02. The predicted octanol–water partition coefficient (Wildman–Crippen LogP) is 2.62. The molecule has 2 aromatic carbocycles. The van der Waals surface area contributed by atoms with Crippen molar-refractivity contribution in [3.8, 4) is 11.8 Å². The third-order valence-corrected chi connectivity index (χ3v) is 4.23. The Bertz CT molecular complexity index is 950. The molecule has 4 rings (SSSR count). The SMILES string of the molecule is O=C1CC(=O)c2cc(C#Cc3ccc4c(c3)C(=O)CC4=O)ccc21. The van der Waals surface area contributed by atoms with Gasteiger partial charge in [0.25, 0.3) is 0 Å². The second kappa shape index (κ2) is 5.10. The van der Waals surface area contributed by atoms with Gasteiger partial charge in [-0.2, -0.15) is 0 Å². The molecule has 0 amide bonds. The smallest absolute Gasteiger partial charge is 0.171 e. The summed E-state index contributed by atoms with van der Waals surface area (Å²) in [6, 6.07) is 9.89. The maximum absolute atomic E-state index is 11.8. The summed E-state index contributed by atoms with van der Waals surface area (Å²) in [6.07, 6.45) is -0.152. The molecule has 2 aromatic rings. The van der Waals surface area contributed by atoms with Crippen LogP contribution in [-0.2, 0) is 0 Å². The maximum Gasteiger partial charge on any atom is 0.171 e. The third-order valence-electron chi connectivity index (χ3n) is 4.23. The van der Waals surface area contributed by atoms with Crippen molar-refractivity contribution in [2.75, 3.05) is 0 Å². The molecule has 4 heteroatoms. The Kier molecular flexibility index (Phi) is 3.04. The molecule has 0 fully saturated rings. The Balaban J connectivity index is 1.69. The predicted molar refractivity (Wildman–Crippen MR) is 85.4 cm³/mol. The Morgan fingerprint density at radius 3 is 1.33 bits per heavy atom. The molecule has 0 saturated carbocycles. The van der Waals surface area contributed by atoms with Gasteiger partial charge in [-0.1, -0.05) is 11.8 Å². The van der Waals surface area contributed by atoms with E-state index >= 15 is 0 Å². The Labute approximate surface area is 137 Å². The molecule has 4 nitrogen and oxygen atoms in total. The van der Waals surface area contributed by atoms with Crippen LogP contribution in [0.1, 0.15) is 65.4 Å². The Hall–Kier alpha value is -3.32. The molecule has 0 unspecified atom stereocenters. The second-order valence-corrected chi connectivity index (χ2v) is 5.82. The molecule has 0 saturated heterocycles. The minimum Gasteiger partial charge on any atom is -0.294 e. The van der Waals surface area contributed by atoms with Crippen LogP contribution >= 0.6 is 0 Å². The van der Waals surface area contributed by atoms with Gasteiger partial charge in [-0.15, -0.1) is 0 Å². The summed E-state index contributed by atoms with van der Waals surface area (Å²) in [6.45, 7) is 0. The van der Waals surface area contributed by atoms with E-state index in [1.165, 1.54) is 0 Å². The molecule has 0 N–H and O–H groups in total. The number of rotatable bonds is 0. The summed E-state index contributed by atoms with van der Waals surface area (Å²) in [4.78, 5) is 46.7. The summed E-state index contributed by atoms with van der Waals surface area (Å²) in [5.41, 5.74) is 2.99. The van der Waals surface area contributed by atoms with Crippen molar-refractivity contribution in [2.24, 2.45) is 0 Å². The fourth-order valence-electron chi connectivity index (χ4n) is 3.01. The monoisotopic (exact) mass is 314 g/mol. The molecule has 2 aliphatic carbocycles. The van der Waals surface area contributed by atoms with E-state index in [-0.39, 0.29) is 36.0 Å². The Morgan fingerprint density at radius 1 is 0.542 bits per heavy atom. The van der Waals surface area contributed by atoms with Crippen LogP contribution in [0.25, 0.3) is 0 Å². The maximum atomic E-state index is 11.8. The molecule has 0 heterocycles. The highest BCUT2D eigenvalue weighted by Gasteiger charge is 2.27. The lowest BCUT2D eigenvalue weighted by atomic mass is 10.0. The van der Waals surface area contributed by atoms with E-state index in [1.807, 2.05) is 0 Å². The summed E-state index contributed by atoms with van der Waals surface area (Å²) >= 11 is 0. The number of carbonyl (C=O) groups excluding carboxylic acids is 4. The summed E-state index contributed by atoms with van der Waals surface area (Å²) in [5.74, 6) is 5.19. The highest BCUT2D eigenvalue weighted by molar-refractivity contribution is 6.25. The van der Waals surface area contributed by atoms with Crippen LogP contribution < -0.4 is 0 Å². The molecule has 2 aliphatic rings. The van der Waals surface area contributed by atoms with Gasteiger partial charge in [0.1, 0.15) is 0 Å². The molecule has 24 heavy (non-hydrogen) atoms. The number of hydrogen-bond acceptors (Lipinski definition) is 4. The van der Waals surface area contributed by atoms with Gasteiger partial charge in [0.2, 0.25) is 0 Å². The van der Waals surface area contributed by atoms with Crippen LogP contribution in [0.4, 0.5) is 0 Å². The summed E-state index contributed by atoms with van der Waals surface area (Å²) < 4.78 is 0. The van der Waals surface area contributed by atoms with Crippen LogP contribution in [0.2, 0.25) is 0 Å². The van der Waals surface area contributed by atoms with E-state index in [1.54, 1.807) is 36.4 Å². The van der Waals surface area contributed by atoms with Crippen molar-refractivity contribution < 1.29 is 19.2 Å². The van der Waals surface area contributed by atoms with Gasteiger partial charge in [0.05, 0.1) is 12.8 Å². The van der Waals surface area contributed by atoms with Crippen LogP contribution in [-0.4, -0.2) is 23.1 Å². The van der Waals surface area contributed by atoms with E-state index in [0.717, 1.165) is 0 Å². The fraction of sp³-hybridized carbons (Fsp3) is 0.100. The first-order chi connectivity index (χ1) is 11.5. The first-order valence-electron chi connectivity index (χ1n) is 7.46. The largest absolute Gasteiger partial charge is 0.294 e. The van der Waals surface area contributed by atoms with Crippen LogP contribution in [0.5, 0.6) is 0 Å². The van der Waals surface area contributed by atoms with Crippen molar-refractivity contribution in [1.82, 2.24) is 0 Å². The van der Waals surface area contributed by atoms with Crippen molar-refractivity contribution in [3.05, 3.63) is 69.8 Å². The normalized spacial score (nSPS) is 15.2.